The van der Waals surface area contributed by atoms with Crippen molar-refractivity contribution in [3.05, 3.63) is 80.2 Å². The van der Waals surface area contributed by atoms with Gasteiger partial charge in [0.1, 0.15) is 0 Å². The predicted octanol–water partition coefficient (Wildman–Crippen LogP) is 4.94. The van der Waals surface area contributed by atoms with Crippen LogP contribution in [0.1, 0.15) is 29.2 Å². The topological polar surface area (TPSA) is 59.9 Å². The molecule has 5 nitrogen and oxygen atoms in total. The minimum atomic E-state index is -0.219. The summed E-state index contributed by atoms with van der Waals surface area (Å²) in [5.41, 5.74) is 1.91. The van der Waals surface area contributed by atoms with Crippen molar-refractivity contribution in [3.8, 4) is 0 Å². The molecule has 4 rings (SSSR count). The van der Waals surface area contributed by atoms with Crippen molar-refractivity contribution in [3.63, 3.8) is 0 Å². The van der Waals surface area contributed by atoms with Gasteiger partial charge in [0.05, 0.1) is 17.9 Å². The van der Waals surface area contributed by atoms with Crippen LogP contribution in [-0.2, 0) is 11.3 Å². The number of nitrogens with one attached hydrogen (secondary N) is 1. The van der Waals surface area contributed by atoms with Crippen LogP contribution in [0.15, 0.2) is 58.5 Å². The van der Waals surface area contributed by atoms with Gasteiger partial charge >= 0.3 is 5.69 Å². The van der Waals surface area contributed by atoms with Crippen molar-refractivity contribution < 1.29 is 4.74 Å². The van der Waals surface area contributed by atoms with Gasteiger partial charge in [0, 0.05) is 16.7 Å². The molecule has 0 amide bonds. The van der Waals surface area contributed by atoms with E-state index in [2.05, 4.69) is 10.2 Å². The number of benzene rings is 2. The Morgan fingerprint density at radius 2 is 1.71 bits per heavy atom. The fourth-order valence-electron chi connectivity index (χ4n) is 3.26. The van der Waals surface area contributed by atoms with E-state index in [1.54, 1.807) is 4.57 Å². The summed E-state index contributed by atoms with van der Waals surface area (Å²) in [6.07, 6.45) is 2.04. The van der Waals surface area contributed by atoms with E-state index in [-0.39, 0.29) is 17.0 Å². The van der Waals surface area contributed by atoms with Crippen LogP contribution in [0.3, 0.4) is 0 Å². The summed E-state index contributed by atoms with van der Waals surface area (Å²) >= 11 is 13.6. The van der Waals surface area contributed by atoms with E-state index in [0.29, 0.717) is 21.7 Å². The number of ether oxygens (including phenoxy) is 1. The third kappa shape index (κ3) is 4.46. The summed E-state index contributed by atoms with van der Waals surface area (Å²) in [6, 6.07) is 15.4. The van der Waals surface area contributed by atoms with Gasteiger partial charge in [-0.25, -0.2) is 9.89 Å². The molecule has 1 atom stereocenters. The zero-order chi connectivity index (χ0) is 19.5. The third-order valence-corrected chi connectivity index (χ3v) is 6.51. The molecule has 28 heavy (non-hydrogen) atoms. The normalized spacial score (nSPS) is 16.8. The molecule has 2 heterocycles. The molecule has 1 N–H and O–H groups in total. The molecule has 1 aliphatic heterocycles. The molecule has 1 aliphatic rings. The lowest BCUT2D eigenvalue weighted by atomic mass is 10.0. The van der Waals surface area contributed by atoms with Gasteiger partial charge in [-0.05, 0) is 48.2 Å². The first kappa shape index (κ1) is 19.6. The Balaban J connectivity index is 1.67. The van der Waals surface area contributed by atoms with Crippen molar-refractivity contribution in [2.24, 2.45) is 0 Å². The second kappa shape index (κ2) is 8.74. The second-order valence-electron chi connectivity index (χ2n) is 6.66. The van der Waals surface area contributed by atoms with Gasteiger partial charge in [-0.15, -0.1) is 5.10 Å². The Morgan fingerprint density at radius 3 is 2.25 bits per heavy atom. The van der Waals surface area contributed by atoms with E-state index in [1.807, 2.05) is 48.5 Å². The highest BCUT2D eigenvalue weighted by atomic mass is 35.5. The first-order valence-corrected chi connectivity index (χ1v) is 10.7. The van der Waals surface area contributed by atoms with Crippen LogP contribution >= 0.6 is 35.0 Å². The van der Waals surface area contributed by atoms with Gasteiger partial charge in [0.25, 0.3) is 0 Å². The quantitative estimate of drug-likeness (QED) is 0.557. The average molecular weight is 436 g/mol. The molecule has 1 saturated heterocycles. The van der Waals surface area contributed by atoms with E-state index in [1.165, 1.54) is 11.8 Å². The Labute approximate surface area is 177 Å². The molecule has 0 unspecified atom stereocenters. The number of rotatable bonds is 6. The third-order valence-electron chi connectivity index (χ3n) is 4.70. The van der Waals surface area contributed by atoms with Gasteiger partial charge in [-0.3, -0.25) is 4.57 Å². The van der Waals surface area contributed by atoms with Crippen molar-refractivity contribution in [2.45, 2.75) is 35.9 Å². The van der Waals surface area contributed by atoms with E-state index in [9.17, 15) is 4.79 Å². The van der Waals surface area contributed by atoms with Gasteiger partial charge in [-0.2, -0.15) is 0 Å². The zero-order valence-corrected chi connectivity index (χ0v) is 17.3. The van der Waals surface area contributed by atoms with Crippen LogP contribution < -0.4 is 5.69 Å². The standard InChI is InChI=1S/C20H19Cl2N3O2S/c21-15-7-3-13(4-8-15)18(14-5-9-16(22)10-6-14)28-20-24-23-19(26)25(20)12-17-2-1-11-27-17/h3-10,17-18H,1-2,11-12H2,(H,23,26)/t17-/m0/s1. The molecule has 2 aromatic carbocycles. The number of halogens is 2. The molecule has 146 valence electrons. The summed E-state index contributed by atoms with van der Waals surface area (Å²) in [5, 5.41) is 8.77. The van der Waals surface area contributed by atoms with Gasteiger partial charge < -0.3 is 4.74 Å². The van der Waals surface area contributed by atoms with Crippen LogP contribution in [0.5, 0.6) is 0 Å². The highest BCUT2D eigenvalue weighted by molar-refractivity contribution is 7.99. The summed E-state index contributed by atoms with van der Waals surface area (Å²) in [7, 11) is 0. The molecule has 0 bridgehead atoms. The van der Waals surface area contributed by atoms with Gasteiger partial charge in [0.15, 0.2) is 5.16 Å². The second-order valence-corrected chi connectivity index (χ2v) is 8.60. The molecule has 1 fully saturated rings. The highest BCUT2D eigenvalue weighted by Gasteiger charge is 2.23. The highest BCUT2D eigenvalue weighted by Crippen LogP contribution is 2.40. The number of H-pyrrole nitrogens is 1. The molecular weight excluding hydrogens is 417 g/mol. The van der Waals surface area contributed by atoms with Crippen molar-refractivity contribution >= 4 is 35.0 Å². The van der Waals surface area contributed by atoms with Crippen LogP contribution in [0, 0.1) is 0 Å². The number of nitrogens with zero attached hydrogens (tertiary/aromatic N) is 2. The Bertz CT molecular complexity index is 934. The fourth-order valence-corrected chi connectivity index (χ4v) is 4.69. The number of thioether (sulfide) groups is 1. The van der Waals surface area contributed by atoms with Crippen molar-refractivity contribution in [1.29, 1.82) is 0 Å². The van der Waals surface area contributed by atoms with E-state index >= 15 is 0 Å². The van der Waals surface area contributed by atoms with E-state index in [4.69, 9.17) is 27.9 Å². The van der Waals surface area contributed by atoms with Crippen molar-refractivity contribution in [2.75, 3.05) is 6.61 Å². The van der Waals surface area contributed by atoms with Crippen LogP contribution in [-0.4, -0.2) is 27.5 Å². The Hall–Kier alpha value is -1.73. The number of hydrogen-bond donors (Lipinski definition) is 1. The number of hydrogen-bond acceptors (Lipinski definition) is 4. The van der Waals surface area contributed by atoms with E-state index < -0.39 is 0 Å². The monoisotopic (exact) mass is 435 g/mol. The maximum absolute atomic E-state index is 12.3. The molecule has 8 heteroatoms. The van der Waals surface area contributed by atoms with Gasteiger partial charge in [0.2, 0.25) is 0 Å². The summed E-state index contributed by atoms with van der Waals surface area (Å²) in [6.45, 7) is 1.25. The summed E-state index contributed by atoms with van der Waals surface area (Å²) in [4.78, 5) is 12.3. The summed E-state index contributed by atoms with van der Waals surface area (Å²) < 4.78 is 7.36. The van der Waals surface area contributed by atoms with Crippen molar-refractivity contribution in [1.82, 2.24) is 14.8 Å². The first-order chi connectivity index (χ1) is 13.6. The van der Waals surface area contributed by atoms with Gasteiger partial charge in [-0.1, -0.05) is 59.2 Å². The summed E-state index contributed by atoms with van der Waals surface area (Å²) in [5.74, 6) is 0. The fraction of sp³-hybridized carbons (Fsp3) is 0.300. The number of aromatic nitrogens is 3. The largest absolute Gasteiger partial charge is 0.376 e. The Kier molecular flexibility index (Phi) is 6.11. The minimum absolute atomic E-state index is 0.0548. The SMILES string of the molecule is O=c1[nH]nc(SC(c2ccc(Cl)cc2)c2ccc(Cl)cc2)n1C[C@@H]1CCCO1. The molecule has 0 radical (unpaired) electrons. The molecule has 0 spiro atoms. The molecule has 1 aromatic heterocycles. The minimum Gasteiger partial charge on any atom is -0.376 e. The van der Waals surface area contributed by atoms with Crippen LogP contribution in [0.2, 0.25) is 10.0 Å². The molecular formula is C20H19Cl2N3O2S. The lowest BCUT2D eigenvalue weighted by Gasteiger charge is -2.18. The van der Waals surface area contributed by atoms with Crippen LogP contribution in [0.4, 0.5) is 0 Å². The van der Waals surface area contributed by atoms with E-state index in [0.717, 1.165) is 30.6 Å². The maximum atomic E-state index is 12.3. The Morgan fingerprint density at radius 1 is 1.11 bits per heavy atom. The van der Waals surface area contributed by atoms with Crippen LogP contribution in [0.25, 0.3) is 0 Å². The molecule has 0 saturated carbocycles. The molecule has 0 aliphatic carbocycles. The first-order valence-electron chi connectivity index (χ1n) is 9.04. The average Bonchev–Trinajstić information content (AvgIpc) is 3.33. The predicted molar refractivity (Wildman–Crippen MR) is 112 cm³/mol. The lowest BCUT2D eigenvalue weighted by Crippen LogP contribution is -2.25. The number of aromatic amines is 1. The maximum Gasteiger partial charge on any atom is 0.344 e. The molecule has 3 aromatic rings. The zero-order valence-electron chi connectivity index (χ0n) is 15.0. The lowest BCUT2D eigenvalue weighted by molar-refractivity contribution is 0.0941. The smallest absolute Gasteiger partial charge is 0.344 e.